The molecule has 1 aliphatic heterocycles. The van der Waals surface area contributed by atoms with Crippen LogP contribution in [0.5, 0.6) is 5.75 Å². The van der Waals surface area contributed by atoms with Crippen molar-refractivity contribution in [2.45, 2.75) is 45.4 Å². The number of halogens is 2. The predicted molar refractivity (Wildman–Crippen MR) is 95.9 cm³/mol. The molecular weight excluding hydrogens is 354 g/mol. The SMILES string of the molecule is Cc1nonc1CN1CCC(Oc2cccc3c2ccn3CC(F)F)CC1. The highest BCUT2D eigenvalue weighted by atomic mass is 19.3. The van der Waals surface area contributed by atoms with Crippen LogP contribution < -0.4 is 4.74 Å². The number of benzene rings is 1. The second-order valence-electron chi connectivity index (χ2n) is 6.94. The van der Waals surface area contributed by atoms with Gasteiger partial charge in [0.15, 0.2) is 0 Å². The van der Waals surface area contributed by atoms with Gasteiger partial charge in [-0.15, -0.1) is 0 Å². The standard InChI is InChI=1S/C19H22F2N4O2/c1-13-16(23-27-22-13)11-24-8-5-14(6-9-24)26-18-4-2-3-17-15(18)7-10-25(17)12-19(20)21/h2-4,7,10,14,19H,5-6,8-9,11-12H2,1H3. The second-order valence-corrected chi connectivity index (χ2v) is 6.94. The molecule has 1 aromatic carbocycles. The number of hydrogen-bond acceptors (Lipinski definition) is 5. The van der Waals surface area contributed by atoms with Crippen LogP contribution in [0.1, 0.15) is 24.2 Å². The van der Waals surface area contributed by atoms with E-state index < -0.39 is 6.43 Å². The van der Waals surface area contributed by atoms with E-state index in [9.17, 15) is 8.78 Å². The zero-order valence-electron chi connectivity index (χ0n) is 15.1. The van der Waals surface area contributed by atoms with Crippen LogP contribution in [0.3, 0.4) is 0 Å². The van der Waals surface area contributed by atoms with E-state index in [1.165, 1.54) is 0 Å². The largest absolute Gasteiger partial charge is 0.490 e. The zero-order valence-corrected chi connectivity index (χ0v) is 15.1. The van der Waals surface area contributed by atoms with Crippen LogP contribution in [-0.4, -0.2) is 45.4 Å². The van der Waals surface area contributed by atoms with Crippen molar-refractivity contribution < 1.29 is 18.1 Å². The van der Waals surface area contributed by atoms with Crippen molar-refractivity contribution in [2.24, 2.45) is 0 Å². The number of aromatic nitrogens is 3. The Morgan fingerprint density at radius 2 is 2.04 bits per heavy atom. The van der Waals surface area contributed by atoms with Crippen LogP contribution in [0.25, 0.3) is 10.9 Å². The third kappa shape index (κ3) is 3.95. The van der Waals surface area contributed by atoms with E-state index >= 15 is 0 Å². The number of fused-ring (bicyclic) bond motifs is 1. The summed E-state index contributed by atoms with van der Waals surface area (Å²) in [5.41, 5.74) is 2.48. The minimum Gasteiger partial charge on any atom is -0.490 e. The Balaban J connectivity index is 1.39. The smallest absolute Gasteiger partial charge is 0.256 e. The molecule has 144 valence electrons. The molecule has 0 unspecified atom stereocenters. The Morgan fingerprint density at radius 3 is 2.74 bits per heavy atom. The molecular formula is C19H22F2N4O2. The number of nitrogens with zero attached hydrogens (tertiary/aromatic N) is 4. The quantitative estimate of drug-likeness (QED) is 0.657. The molecule has 8 heteroatoms. The van der Waals surface area contributed by atoms with E-state index in [0.29, 0.717) is 0 Å². The first-order valence-electron chi connectivity index (χ1n) is 9.13. The summed E-state index contributed by atoms with van der Waals surface area (Å²) >= 11 is 0. The molecule has 0 aliphatic carbocycles. The molecule has 4 rings (SSSR count). The van der Waals surface area contributed by atoms with E-state index in [-0.39, 0.29) is 12.6 Å². The Bertz CT molecular complexity index is 900. The number of ether oxygens (including phenoxy) is 1. The summed E-state index contributed by atoms with van der Waals surface area (Å²) in [7, 11) is 0. The molecule has 0 bridgehead atoms. The molecule has 1 fully saturated rings. The highest BCUT2D eigenvalue weighted by molar-refractivity contribution is 5.86. The van der Waals surface area contributed by atoms with Crippen LogP contribution in [0, 0.1) is 6.92 Å². The first-order chi connectivity index (χ1) is 13.1. The van der Waals surface area contributed by atoms with Crippen LogP contribution in [-0.2, 0) is 13.1 Å². The maximum absolute atomic E-state index is 12.7. The fraction of sp³-hybridized carbons (Fsp3) is 0.474. The van der Waals surface area contributed by atoms with Crippen molar-refractivity contribution in [3.8, 4) is 5.75 Å². The third-order valence-electron chi connectivity index (χ3n) is 5.06. The normalized spacial score (nSPS) is 16.4. The van der Waals surface area contributed by atoms with E-state index in [0.717, 1.165) is 60.5 Å². The lowest BCUT2D eigenvalue weighted by atomic mass is 10.1. The Hall–Kier alpha value is -2.48. The van der Waals surface area contributed by atoms with Gasteiger partial charge in [0.2, 0.25) is 0 Å². The number of alkyl halides is 2. The topological polar surface area (TPSA) is 56.3 Å². The van der Waals surface area contributed by atoms with Gasteiger partial charge in [-0.3, -0.25) is 4.90 Å². The minimum absolute atomic E-state index is 0.113. The molecule has 3 heterocycles. The fourth-order valence-electron chi connectivity index (χ4n) is 3.58. The summed E-state index contributed by atoms with van der Waals surface area (Å²) in [6.45, 7) is 4.12. The van der Waals surface area contributed by atoms with Gasteiger partial charge in [0.25, 0.3) is 6.43 Å². The Kier molecular flexibility index (Phi) is 5.07. The third-order valence-corrected chi connectivity index (χ3v) is 5.06. The predicted octanol–water partition coefficient (Wildman–Crippen LogP) is 3.64. The van der Waals surface area contributed by atoms with Crippen LogP contribution in [0.15, 0.2) is 35.1 Å². The molecule has 0 spiro atoms. The summed E-state index contributed by atoms with van der Waals surface area (Å²) in [5.74, 6) is 0.760. The Morgan fingerprint density at radius 1 is 1.22 bits per heavy atom. The van der Waals surface area contributed by atoms with Crippen molar-refractivity contribution in [3.63, 3.8) is 0 Å². The summed E-state index contributed by atoms with van der Waals surface area (Å²) < 4.78 is 38.0. The van der Waals surface area contributed by atoms with Crippen LogP contribution in [0.2, 0.25) is 0 Å². The molecule has 27 heavy (non-hydrogen) atoms. The second kappa shape index (κ2) is 7.64. The van der Waals surface area contributed by atoms with Gasteiger partial charge in [-0.25, -0.2) is 13.4 Å². The summed E-state index contributed by atoms with van der Waals surface area (Å²) in [4.78, 5) is 2.31. The molecule has 0 radical (unpaired) electrons. The van der Waals surface area contributed by atoms with Crippen molar-refractivity contribution in [3.05, 3.63) is 41.9 Å². The van der Waals surface area contributed by atoms with Gasteiger partial charge in [-0.1, -0.05) is 16.4 Å². The molecule has 6 nitrogen and oxygen atoms in total. The number of piperidine rings is 1. The van der Waals surface area contributed by atoms with Crippen LogP contribution in [0.4, 0.5) is 8.78 Å². The van der Waals surface area contributed by atoms with Crippen molar-refractivity contribution >= 4 is 10.9 Å². The number of likely N-dealkylation sites (tertiary alicyclic amines) is 1. The first kappa shape index (κ1) is 17.9. The van der Waals surface area contributed by atoms with Gasteiger partial charge in [0, 0.05) is 31.2 Å². The summed E-state index contributed by atoms with van der Waals surface area (Å²) in [6, 6.07) is 7.46. The van der Waals surface area contributed by atoms with Gasteiger partial charge in [0.1, 0.15) is 23.2 Å². The van der Waals surface area contributed by atoms with E-state index in [2.05, 4.69) is 15.2 Å². The van der Waals surface area contributed by atoms with E-state index in [1.54, 1.807) is 10.8 Å². The van der Waals surface area contributed by atoms with E-state index in [4.69, 9.17) is 9.37 Å². The maximum atomic E-state index is 12.7. The highest BCUT2D eigenvalue weighted by Crippen LogP contribution is 2.29. The zero-order chi connectivity index (χ0) is 18.8. The van der Waals surface area contributed by atoms with Crippen LogP contribution >= 0.6 is 0 Å². The molecule has 0 saturated carbocycles. The van der Waals surface area contributed by atoms with Gasteiger partial charge >= 0.3 is 0 Å². The van der Waals surface area contributed by atoms with Crippen molar-refractivity contribution in [1.82, 2.24) is 19.8 Å². The van der Waals surface area contributed by atoms with Gasteiger partial charge in [-0.05, 0) is 38.0 Å². The van der Waals surface area contributed by atoms with Gasteiger partial charge < -0.3 is 9.30 Å². The lowest BCUT2D eigenvalue weighted by Gasteiger charge is -2.31. The maximum Gasteiger partial charge on any atom is 0.256 e. The number of aryl methyl sites for hydroxylation is 1. The van der Waals surface area contributed by atoms with Crippen molar-refractivity contribution in [2.75, 3.05) is 13.1 Å². The fourth-order valence-corrected chi connectivity index (χ4v) is 3.58. The molecule has 1 saturated heterocycles. The minimum atomic E-state index is -2.38. The lowest BCUT2D eigenvalue weighted by molar-refractivity contribution is 0.0964. The highest BCUT2D eigenvalue weighted by Gasteiger charge is 2.23. The molecule has 0 N–H and O–H groups in total. The summed E-state index contributed by atoms with van der Waals surface area (Å²) in [6.07, 6.45) is 1.23. The monoisotopic (exact) mass is 376 g/mol. The average Bonchev–Trinajstić information content (AvgIpc) is 3.24. The van der Waals surface area contributed by atoms with Crippen molar-refractivity contribution in [1.29, 1.82) is 0 Å². The molecule has 0 amide bonds. The lowest BCUT2D eigenvalue weighted by Crippen LogP contribution is -2.38. The first-order valence-corrected chi connectivity index (χ1v) is 9.13. The Labute approximate surface area is 155 Å². The molecule has 2 aromatic heterocycles. The number of hydrogen-bond donors (Lipinski definition) is 0. The molecule has 3 aromatic rings. The molecule has 1 aliphatic rings. The van der Waals surface area contributed by atoms with Gasteiger partial charge in [-0.2, -0.15) is 0 Å². The number of rotatable bonds is 6. The van der Waals surface area contributed by atoms with Gasteiger partial charge in [0.05, 0.1) is 12.1 Å². The average molecular weight is 376 g/mol. The summed E-state index contributed by atoms with van der Waals surface area (Å²) in [5, 5.41) is 8.63. The molecule has 0 atom stereocenters. The van der Waals surface area contributed by atoms with E-state index in [1.807, 2.05) is 31.2 Å².